The van der Waals surface area contributed by atoms with Crippen LogP contribution < -0.4 is 15.5 Å². The number of carbonyl (C=O) groups excluding carboxylic acids is 1. The van der Waals surface area contributed by atoms with Gasteiger partial charge in [-0.3, -0.25) is 9.59 Å². The van der Waals surface area contributed by atoms with Crippen LogP contribution in [0.3, 0.4) is 0 Å². The van der Waals surface area contributed by atoms with Gasteiger partial charge in [-0.25, -0.2) is 4.39 Å². The fourth-order valence-corrected chi connectivity index (χ4v) is 3.27. The van der Waals surface area contributed by atoms with E-state index in [-0.39, 0.29) is 30.2 Å². The van der Waals surface area contributed by atoms with Crippen molar-refractivity contribution < 1.29 is 18.3 Å². The van der Waals surface area contributed by atoms with E-state index < -0.39 is 5.91 Å². The largest absolute Gasteiger partial charge is 0.489 e. The number of aryl methyl sites for hydroxylation is 2. The number of benzene rings is 3. The predicted molar refractivity (Wildman–Crippen MR) is 120 cm³/mol. The van der Waals surface area contributed by atoms with Crippen molar-refractivity contribution in [2.45, 2.75) is 27.0 Å². The molecule has 0 unspecified atom stereocenters. The van der Waals surface area contributed by atoms with Gasteiger partial charge in [-0.1, -0.05) is 30.3 Å². The Balaban J connectivity index is 1.39. The average Bonchev–Trinajstić information content (AvgIpc) is 2.79. The number of hydrogen-bond donors (Lipinski definition) is 1. The van der Waals surface area contributed by atoms with E-state index in [0.29, 0.717) is 22.3 Å². The summed E-state index contributed by atoms with van der Waals surface area (Å²) >= 11 is 0. The first-order valence-electron chi connectivity index (χ1n) is 10.2. The van der Waals surface area contributed by atoms with E-state index in [1.165, 1.54) is 12.1 Å². The molecule has 0 radical (unpaired) electrons. The fourth-order valence-electron chi connectivity index (χ4n) is 3.27. The minimum atomic E-state index is -0.470. The van der Waals surface area contributed by atoms with Crippen LogP contribution in [-0.2, 0) is 13.2 Å². The summed E-state index contributed by atoms with van der Waals surface area (Å²) < 4.78 is 25.0. The van der Waals surface area contributed by atoms with Crippen molar-refractivity contribution in [1.82, 2.24) is 5.32 Å². The maximum atomic E-state index is 13.7. The van der Waals surface area contributed by atoms with Crippen LogP contribution in [0.4, 0.5) is 4.39 Å². The van der Waals surface area contributed by atoms with Gasteiger partial charge in [0, 0.05) is 18.2 Å². The van der Waals surface area contributed by atoms with Crippen molar-refractivity contribution in [3.63, 3.8) is 0 Å². The predicted octanol–water partition coefficient (Wildman–Crippen LogP) is 5.06. The molecule has 32 heavy (non-hydrogen) atoms. The molecule has 0 saturated heterocycles. The topological polar surface area (TPSA) is 68.5 Å². The van der Waals surface area contributed by atoms with Gasteiger partial charge in [0.2, 0.25) is 0 Å². The van der Waals surface area contributed by atoms with E-state index in [9.17, 15) is 14.0 Å². The summed E-state index contributed by atoms with van der Waals surface area (Å²) in [7, 11) is 0. The second-order valence-corrected chi connectivity index (χ2v) is 7.61. The van der Waals surface area contributed by atoms with Crippen LogP contribution in [-0.4, -0.2) is 5.91 Å². The Labute approximate surface area is 184 Å². The van der Waals surface area contributed by atoms with E-state index in [4.69, 9.17) is 9.15 Å². The Bertz CT molecular complexity index is 1340. The lowest BCUT2D eigenvalue weighted by Gasteiger charge is -2.09. The third-order valence-corrected chi connectivity index (χ3v) is 5.30. The molecule has 1 aromatic heterocycles. The first kappa shape index (κ1) is 21.3. The van der Waals surface area contributed by atoms with E-state index >= 15 is 0 Å². The molecule has 6 heteroatoms. The second-order valence-electron chi connectivity index (χ2n) is 7.61. The fraction of sp³-hybridized carbons (Fsp3) is 0.154. The zero-order chi connectivity index (χ0) is 22.7. The molecule has 0 bridgehead atoms. The zero-order valence-electron chi connectivity index (χ0n) is 17.8. The number of amides is 1. The maximum absolute atomic E-state index is 13.7. The molecule has 0 aliphatic rings. The van der Waals surface area contributed by atoms with Crippen LogP contribution in [0.15, 0.2) is 75.9 Å². The van der Waals surface area contributed by atoms with Crippen LogP contribution in [0.1, 0.15) is 32.8 Å². The highest BCUT2D eigenvalue weighted by atomic mass is 19.1. The monoisotopic (exact) mass is 431 g/mol. The highest BCUT2D eigenvalue weighted by Gasteiger charge is 2.13. The molecule has 1 N–H and O–H groups in total. The molecule has 4 rings (SSSR count). The molecular formula is C26H22FNO4. The molecule has 0 saturated carbocycles. The summed E-state index contributed by atoms with van der Waals surface area (Å²) in [6, 6.07) is 18.3. The van der Waals surface area contributed by atoms with Crippen molar-refractivity contribution >= 4 is 16.9 Å². The van der Waals surface area contributed by atoms with Crippen molar-refractivity contribution in [3.05, 3.63) is 111 Å². The van der Waals surface area contributed by atoms with Crippen LogP contribution >= 0.6 is 0 Å². The lowest BCUT2D eigenvalue weighted by Crippen LogP contribution is -2.24. The van der Waals surface area contributed by atoms with Crippen molar-refractivity contribution in [2.75, 3.05) is 0 Å². The van der Waals surface area contributed by atoms with Gasteiger partial charge in [0.05, 0.1) is 5.39 Å². The molecular weight excluding hydrogens is 409 g/mol. The second kappa shape index (κ2) is 9.06. The summed E-state index contributed by atoms with van der Waals surface area (Å²) in [4.78, 5) is 24.9. The molecule has 0 atom stereocenters. The normalized spacial score (nSPS) is 10.8. The minimum absolute atomic E-state index is 0.0319. The molecule has 0 fully saturated rings. The third-order valence-electron chi connectivity index (χ3n) is 5.30. The summed E-state index contributed by atoms with van der Waals surface area (Å²) in [5.74, 6) is -0.218. The van der Waals surface area contributed by atoms with Gasteiger partial charge < -0.3 is 14.5 Å². The lowest BCUT2D eigenvalue weighted by molar-refractivity contribution is 0.0923. The van der Waals surface area contributed by atoms with Crippen molar-refractivity contribution in [2.24, 2.45) is 0 Å². The molecule has 0 aliphatic carbocycles. The Hall–Kier alpha value is -3.93. The summed E-state index contributed by atoms with van der Waals surface area (Å²) in [6.07, 6.45) is 0. The molecule has 4 aromatic rings. The maximum Gasteiger partial charge on any atom is 0.287 e. The summed E-state index contributed by atoms with van der Waals surface area (Å²) in [5.41, 5.74) is 3.43. The molecule has 1 heterocycles. The molecule has 5 nitrogen and oxygen atoms in total. The molecule has 162 valence electrons. The SMILES string of the molecule is Cc1cc2oc(C(=O)NCc3ccc(OCc4ccccc4F)cc3)cc(=O)c2cc1C. The first-order chi connectivity index (χ1) is 15.4. The highest BCUT2D eigenvalue weighted by molar-refractivity contribution is 5.93. The van der Waals surface area contributed by atoms with Gasteiger partial charge in [-0.05, 0) is 60.9 Å². The van der Waals surface area contributed by atoms with Crippen molar-refractivity contribution in [3.8, 4) is 5.75 Å². The number of hydrogen-bond acceptors (Lipinski definition) is 4. The smallest absolute Gasteiger partial charge is 0.287 e. The first-order valence-corrected chi connectivity index (χ1v) is 10.2. The Kier molecular flexibility index (Phi) is 6.03. The number of halogens is 1. The van der Waals surface area contributed by atoms with E-state index in [0.717, 1.165) is 16.7 Å². The Morgan fingerprint density at radius 1 is 1.00 bits per heavy atom. The van der Waals surface area contributed by atoms with Crippen LogP contribution in [0, 0.1) is 19.7 Å². The average molecular weight is 431 g/mol. The quantitative estimate of drug-likeness (QED) is 0.463. The van der Waals surface area contributed by atoms with E-state index in [1.807, 2.05) is 13.8 Å². The highest BCUT2D eigenvalue weighted by Crippen LogP contribution is 2.19. The summed E-state index contributed by atoms with van der Waals surface area (Å²) in [6.45, 7) is 4.22. The van der Waals surface area contributed by atoms with Gasteiger partial charge in [-0.15, -0.1) is 0 Å². The molecule has 0 spiro atoms. The number of fused-ring (bicyclic) bond motifs is 1. The van der Waals surface area contributed by atoms with Crippen LogP contribution in [0.2, 0.25) is 0 Å². The zero-order valence-corrected chi connectivity index (χ0v) is 17.8. The van der Waals surface area contributed by atoms with E-state index in [1.54, 1.807) is 54.6 Å². The number of ether oxygens (including phenoxy) is 1. The third kappa shape index (κ3) is 4.70. The van der Waals surface area contributed by atoms with Gasteiger partial charge in [-0.2, -0.15) is 0 Å². The Morgan fingerprint density at radius 2 is 1.72 bits per heavy atom. The Morgan fingerprint density at radius 3 is 2.47 bits per heavy atom. The van der Waals surface area contributed by atoms with Gasteiger partial charge in [0.1, 0.15) is 23.8 Å². The molecule has 0 aliphatic heterocycles. The number of rotatable bonds is 6. The molecule has 1 amide bonds. The van der Waals surface area contributed by atoms with E-state index in [2.05, 4.69) is 5.32 Å². The number of carbonyl (C=O) groups is 1. The standard InChI is InChI=1S/C26H22FNO4/c1-16-11-21-23(29)13-25(32-24(21)12-17(16)2)26(30)28-14-18-7-9-20(10-8-18)31-15-19-5-3-4-6-22(19)27/h3-13H,14-15H2,1-2H3,(H,28,30). The summed E-state index contributed by atoms with van der Waals surface area (Å²) in [5, 5.41) is 3.21. The van der Waals surface area contributed by atoms with Gasteiger partial charge >= 0.3 is 0 Å². The minimum Gasteiger partial charge on any atom is -0.489 e. The van der Waals surface area contributed by atoms with Crippen LogP contribution in [0.5, 0.6) is 5.75 Å². The van der Waals surface area contributed by atoms with Crippen LogP contribution in [0.25, 0.3) is 11.0 Å². The number of nitrogens with one attached hydrogen (secondary N) is 1. The van der Waals surface area contributed by atoms with Gasteiger partial charge in [0.15, 0.2) is 11.2 Å². The van der Waals surface area contributed by atoms with Crippen molar-refractivity contribution in [1.29, 1.82) is 0 Å². The molecule has 3 aromatic carbocycles. The van der Waals surface area contributed by atoms with Gasteiger partial charge in [0.25, 0.3) is 5.91 Å². The lowest BCUT2D eigenvalue weighted by atomic mass is 10.1.